The van der Waals surface area contributed by atoms with Crippen LogP contribution in [-0.4, -0.2) is 20.3 Å². The quantitative estimate of drug-likeness (QED) is 0.428. The average Bonchev–Trinajstić information content (AvgIpc) is 3.29. The van der Waals surface area contributed by atoms with E-state index in [1.807, 2.05) is 54.8 Å². The number of benzene rings is 1. The Morgan fingerprint density at radius 1 is 1.23 bits per heavy atom. The number of aryl methyl sites for hydroxylation is 2. The van der Waals surface area contributed by atoms with Gasteiger partial charge in [-0.05, 0) is 68.9 Å². The molecule has 2 heterocycles. The second kappa shape index (κ2) is 10.1. The molecule has 0 saturated carbocycles. The van der Waals surface area contributed by atoms with E-state index in [4.69, 9.17) is 33.3 Å². The van der Waals surface area contributed by atoms with E-state index in [0.29, 0.717) is 16.3 Å². The lowest BCUT2D eigenvalue weighted by Gasteiger charge is -2.11. The molecular formula is C22H27ClN4O2S. The van der Waals surface area contributed by atoms with Gasteiger partial charge in [0.25, 0.3) is 0 Å². The highest BCUT2D eigenvalue weighted by atomic mass is 35.5. The van der Waals surface area contributed by atoms with Gasteiger partial charge in [0.1, 0.15) is 11.5 Å². The molecule has 0 radical (unpaired) electrons. The topological polar surface area (TPSA) is 65.0 Å². The lowest BCUT2D eigenvalue weighted by atomic mass is 10.2. The number of carbonyl (C=O) groups is 1. The Kier molecular flexibility index (Phi) is 7.50. The minimum atomic E-state index is -0.189. The van der Waals surface area contributed by atoms with Gasteiger partial charge in [0, 0.05) is 23.6 Å². The number of amides is 1. The van der Waals surface area contributed by atoms with Crippen LogP contribution in [-0.2, 0) is 17.9 Å². The molecule has 0 spiro atoms. The molecule has 6 nitrogen and oxygen atoms in total. The van der Waals surface area contributed by atoms with Crippen molar-refractivity contribution in [2.75, 3.05) is 0 Å². The van der Waals surface area contributed by atoms with Gasteiger partial charge >= 0.3 is 0 Å². The summed E-state index contributed by atoms with van der Waals surface area (Å²) in [7, 11) is 0. The van der Waals surface area contributed by atoms with Crippen LogP contribution in [0.5, 0.6) is 0 Å². The fraction of sp³-hybridized carbons (Fsp3) is 0.409. The third-order valence-electron chi connectivity index (χ3n) is 4.88. The molecule has 0 aliphatic heterocycles. The van der Waals surface area contributed by atoms with Gasteiger partial charge < -0.3 is 9.73 Å². The first-order valence-electron chi connectivity index (χ1n) is 10.2. The predicted molar refractivity (Wildman–Crippen MR) is 121 cm³/mol. The van der Waals surface area contributed by atoms with Crippen LogP contribution in [0.1, 0.15) is 50.7 Å². The third kappa shape index (κ3) is 5.40. The largest absolute Gasteiger partial charge is 0.464 e. The molecule has 0 bridgehead atoms. The maximum atomic E-state index is 12.4. The zero-order valence-corrected chi connectivity index (χ0v) is 19.1. The number of aromatic nitrogens is 3. The maximum Gasteiger partial charge on any atom is 0.222 e. The van der Waals surface area contributed by atoms with Crippen LogP contribution in [0.15, 0.2) is 40.8 Å². The molecule has 3 aromatic rings. The van der Waals surface area contributed by atoms with Gasteiger partial charge in [-0.2, -0.15) is 5.10 Å². The van der Waals surface area contributed by atoms with Crippen molar-refractivity contribution in [1.29, 1.82) is 0 Å². The van der Waals surface area contributed by atoms with E-state index < -0.39 is 0 Å². The van der Waals surface area contributed by atoms with Crippen LogP contribution in [0.4, 0.5) is 0 Å². The van der Waals surface area contributed by atoms with Crippen molar-refractivity contribution in [3.8, 4) is 11.4 Å². The third-order valence-corrected chi connectivity index (χ3v) is 5.56. The van der Waals surface area contributed by atoms with Crippen molar-refractivity contribution in [2.45, 2.75) is 59.2 Å². The summed E-state index contributed by atoms with van der Waals surface area (Å²) in [6.07, 6.45) is 2.34. The van der Waals surface area contributed by atoms with Crippen molar-refractivity contribution in [3.63, 3.8) is 0 Å². The van der Waals surface area contributed by atoms with Crippen molar-refractivity contribution in [3.05, 3.63) is 57.7 Å². The Balaban J connectivity index is 1.73. The fourth-order valence-corrected chi connectivity index (χ4v) is 3.63. The van der Waals surface area contributed by atoms with Gasteiger partial charge in [0.15, 0.2) is 10.6 Å². The first-order chi connectivity index (χ1) is 14.4. The van der Waals surface area contributed by atoms with Gasteiger partial charge in [0.2, 0.25) is 5.91 Å². The van der Waals surface area contributed by atoms with Crippen LogP contribution in [0.3, 0.4) is 0 Å². The number of nitrogens with one attached hydrogen (secondary N) is 1. The summed E-state index contributed by atoms with van der Waals surface area (Å²) < 4.78 is 9.97. The molecule has 8 heteroatoms. The number of nitrogens with zero attached hydrogens (tertiary/aromatic N) is 3. The standard InChI is InChI=1S/C22H27ClN4O2S/c1-4-5-13-26-21(17-7-9-18(23)10-8-17)25-27(22(26)30)14-12-20(28)24-16(3)19-11-6-15(2)29-19/h6-11,16H,4-5,12-14H2,1-3H3,(H,24,28). The van der Waals surface area contributed by atoms with Gasteiger partial charge in [0.05, 0.1) is 12.6 Å². The highest BCUT2D eigenvalue weighted by molar-refractivity contribution is 7.71. The van der Waals surface area contributed by atoms with Crippen LogP contribution < -0.4 is 5.32 Å². The molecule has 1 amide bonds. The molecule has 30 heavy (non-hydrogen) atoms. The van der Waals surface area contributed by atoms with E-state index in [9.17, 15) is 4.79 Å². The van der Waals surface area contributed by atoms with E-state index in [2.05, 4.69) is 12.2 Å². The second-order valence-corrected chi connectivity index (χ2v) is 8.13. The van der Waals surface area contributed by atoms with E-state index in [1.54, 1.807) is 4.68 Å². The Morgan fingerprint density at radius 3 is 2.60 bits per heavy atom. The fourth-order valence-electron chi connectivity index (χ4n) is 3.20. The number of carbonyl (C=O) groups excluding carboxylic acids is 1. The molecule has 0 fully saturated rings. The van der Waals surface area contributed by atoms with Gasteiger partial charge in [-0.25, -0.2) is 4.68 Å². The molecule has 1 aromatic carbocycles. The van der Waals surface area contributed by atoms with Crippen molar-refractivity contribution >= 4 is 29.7 Å². The Labute approximate surface area is 186 Å². The van der Waals surface area contributed by atoms with Crippen molar-refractivity contribution in [2.24, 2.45) is 0 Å². The Bertz CT molecular complexity index is 1050. The van der Waals surface area contributed by atoms with Gasteiger partial charge in [-0.3, -0.25) is 9.36 Å². The highest BCUT2D eigenvalue weighted by Gasteiger charge is 2.16. The van der Waals surface area contributed by atoms with Crippen LogP contribution in [0.25, 0.3) is 11.4 Å². The smallest absolute Gasteiger partial charge is 0.222 e. The maximum absolute atomic E-state index is 12.4. The molecule has 1 unspecified atom stereocenters. The minimum Gasteiger partial charge on any atom is -0.464 e. The summed E-state index contributed by atoms with van der Waals surface area (Å²) in [5.74, 6) is 2.29. The SMILES string of the molecule is CCCCn1c(-c2ccc(Cl)cc2)nn(CCC(=O)NC(C)c2ccc(C)o2)c1=S. The molecule has 1 atom stereocenters. The normalized spacial score (nSPS) is 12.1. The zero-order chi connectivity index (χ0) is 21.7. The van der Waals surface area contributed by atoms with E-state index in [0.717, 1.165) is 42.3 Å². The number of halogens is 1. The van der Waals surface area contributed by atoms with Gasteiger partial charge in [-0.15, -0.1) is 0 Å². The van der Waals surface area contributed by atoms with E-state index in [-0.39, 0.29) is 18.4 Å². The highest BCUT2D eigenvalue weighted by Crippen LogP contribution is 2.22. The molecule has 160 valence electrons. The van der Waals surface area contributed by atoms with Crippen LogP contribution in [0, 0.1) is 11.7 Å². The summed E-state index contributed by atoms with van der Waals surface area (Å²) in [4.78, 5) is 12.4. The first kappa shape index (κ1) is 22.3. The predicted octanol–water partition coefficient (Wildman–Crippen LogP) is 5.70. The van der Waals surface area contributed by atoms with E-state index >= 15 is 0 Å². The minimum absolute atomic E-state index is 0.0744. The summed E-state index contributed by atoms with van der Waals surface area (Å²) >= 11 is 11.7. The lowest BCUT2D eigenvalue weighted by molar-refractivity contribution is -0.122. The number of hydrogen-bond acceptors (Lipinski definition) is 4. The summed E-state index contributed by atoms with van der Waals surface area (Å²) in [5, 5.41) is 8.35. The number of rotatable bonds is 9. The molecular weight excluding hydrogens is 420 g/mol. The van der Waals surface area contributed by atoms with Crippen LogP contribution >= 0.6 is 23.8 Å². The number of furan rings is 1. The molecule has 1 N–H and O–H groups in total. The zero-order valence-electron chi connectivity index (χ0n) is 17.5. The number of unbranched alkanes of at least 4 members (excludes halogenated alkanes) is 1. The molecule has 3 rings (SSSR count). The summed E-state index contributed by atoms with van der Waals surface area (Å²) in [5.41, 5.74) is 0.951. The lowest BCUT2D eigenvalue weighted by Crippen LogP contribution is -2.27. The van der Waals surface area contributed by atoms with Gasteiger partial charge in [-0.1, -0.05) is 24.9 Å². The molecule has 0 saturated heterocycles. The summed E-state index contributed by atoms with van der Waals surface area (Å²) in [6.45, 7) is 7.12. The average molecular weight is 447 g/mol. The van der Waals surface area contributed by atoms with E-state index in [1.165, 1.54) is 0 Å². The van der Waals surface area contributed by atoms with Crippen molar-refractivity contribution < 1.29 is 9.21 Å². The molecule has 0 aliphatic rings. The molecule has 2 aromatic heterocycles. The summed E-state index contributed by atoms with van der Waals surface area (Å²) in [6, 6.07) is 11.1. The van der Waals surface area contributed by atoms with Crippen molar-refractivity contribution in [1.82, 2.24) is 19.7 Å². The molecule has 0 aliphatic carbocycles. The van der Waals surface area contributed by atoms with Crippen LogP contribution in [0.2, 0.25) is 5.02 Å². The number of hydrogen-bond donors (Lipinski definition) is 1. The monoisotopic (exact) mass is 446 g/mol. The Morgan fingerprint density at radius 2 is 1.97 bits per heavy atom. The second-order valence-electron chi connectivity index (χ2n) is 7.33. The first-order valence-corrected chi connectivity index (χ1v) is 11.0. The Hall–Kier alpha value is -2.38.